The summed E-state index contributed by atoms with van der Waals surface area (Å²) < 4.78 is 12.9. The number of rotatable bonds is 0. The van der Waals surface area contributed by atoms with Crippen LogP contribution in [0, 0.1) is 29.6 Å². The van der Waals surface area contributed by atoms with Gasteiger partial charge in [-0.25, -0.2) is 4.39 Å². The Kier molecular flexibility index (Phi) is 1.83. The van der Waals surface area contributed by atoms with Crippen molar-refractivity contribution in [3.63, 3.8) is 0 Å². The van der Waals surface area contributed by atoms with E-state index in [0.29, 0.717) is 11.5 Å². The van der Waals surface area contributed by atoms with E-state index in [1.807, 2.05) is 0 Å². The molecule has 12 heavy (non-hydrogen) atoms. The van der Waals surface area contributed by atoms with Crippen LogP contribution in [0.15, 0.2) is 18.2 Å². The second kappa shape index (κ2) is 2.98. The molecular formula is C11H8F. The van der Waals surface area contributed by atoms with Gasteiger partial charge in [0.15, 0.2) is 0 Å². The molecule has 0 aliphatic heterocycles. The van der Waals surface area contributed by atoms with E-state index in [4.69, 9.17) is 0 Å². The molecule has 0 N–H and O–H groups in total. The van der Waals surface area contributed by atoms with Gasteiger partial charge in [0.05, 0.1) is 5.56 Å². The predicted molar refractivity (Wildman–Crippen MR) is 44.8 cm³/mol. The van der Waals surface area contributed by atoms with Crippen molar-refractivity contribution in [2.45, 2.75) is 12.8 Å². The van der Waals surface area contributed by atoms with Gasteiger partial charge in [0.2, 0.25) is 0 Å². The molecule has 1 fully saturated rings. The number of benzene rings is 1. The molecule has 1 aliphatic rings. The average molecular weight is 159 g/mol. The minimum absolute atomic E-state index is 0.273. The minimum atomic E-state index is -0.273. The van der Waals surface area contributed by atoms with Crippen LogP contribution in [0.4, 0.5) is 4.39 Å². The van der Waals surface area contributed by atoms with Gasteiger partial charge in [-0.1, -0.05) is 17.9 Å². The summed E-state index contributed by atoms with van der Waals surface area (Å²) in [6.07, 6.45) is 2.35. The zero-order valence-electron chi connectivity index (χ0n) is 6.60. The SMILES string of the molecule is Fc1c[c]ccc1C#CC1CC1. The highest BCUT2D eigenvalue weighted by atomic mass is 19.1. The van der Waals surface area contributed by atoms with E-state index in [2.05, 4.69) is 17.9 Å². The van der Waals surface area contributed by atoms with Gasteiger partial charge in [-0.15, -0.1) is 0 Å². The van der Waals surface area contributed by atoms with Crippen LogP contribution in [0.2, 0.25) is 0 Å². The standard InChI is InChI=1S/C11H8F/c12-11-4-2-1-3-10(11)8-7-9-5-6-9/h1,3-4,9H,5-6H2. The van der Waals surface area contributed by atoms with Gasteiger partial charge in [-0.2, -0.15) is 0 Å². The van der Waals surface area contributed by atoms with Gasteiger partial charge < -0.3 is 0 Å². The molecule has 1 aromatic carbocycles. The fourth-order valence-electron chi connectivity index (χ4n) is 0.919. The van der Waals surface area contributed by atoms with E-state index in [0.717, 1.165) is 0 Å². The molecule has 0 atom stereocenters. The summed E-state index contributed by atoms with van der Waals surface area (Å²) in [5.41, 5.74) is 0.487. The molecule has 1 heteroatoms. The lowest BCUT2D eigenvalue weighted by molar-refractivity contribution is 0.624. The first-order valence-electron chi connectivity index (χ1n) is 4.03. The molecule has 0 aromatic heterocycles. The van der Waals surface area contributed by atoms with E-state index in [9.17, 15) is 4.39 Å². The third-order valence-electron chi connectivity index (χ3n) is 1.80. The van der Waals surface area contributed by atoms with Crippen molar-refractivity contribution in [1.29, 1.82) is 0 Å². The third-order valence-corrected chi connectivity index (χ3v) is 1.80. The van der Waals surface area contributed by atoms with E-state index >= 15 is 0 Å². The maximum absolute atomic E-state index is 12.9. The fourth-order valence-corrected chi connectivity index (χ4v) is 0.919. The van der Waals surface area contributed by atoms with Gasteiger partial charge in [-0.05, 0) is 31.0 Å². The first-order chi connectivity index (χ1) is 5.86. The smallest absolute Gasteiger partial charge is 0.139 e. The Labute approximate surface area is 71.4 Å². The van der Waals surface area contributed by atoms with E-state index in [1.54, 1.807) is 12.1 Å². The van der Waals surface area contributed by atoms with Gasteiger partial charge in [0.1, 0.15) is 5.82 Å². The lowest BCUT2D eigenvalue weighted by atomic mass is 10.2. The Morgan fingerprint density at radius 2 is 2.33 bits per heavy atom. The molecule has 0 nitrogen and oxygen atoms in total. The largest absolute Gasteiger partial charge is 0.206 e. The topological polar surface area (TPSA) is 0 Å². The summed E-state index contributed by atoms with van der Waals surface area (Å²) in [6, 6.07) is 7.32. The van der Waals surface area contributed by atoms with Crippen LogP contribution >= 0.6 is 0 Å². The molecular weight excluding hydrogens is 151 g/mol. The Morgan fingerprint density at radius 3 is 3.00 bits per heavy atom. The molecule has 0 saturated heterocycles. The molecule has 2 rings (SSSR count). The van der Waals surface area contributed by atoms with E-state index in [-0.39, 0.29) is 5.82 Å². The molecule has 0 bridgehead atoms. The molecule has 0 unspecified atom stereocenters. The number of hydrogen-bond donors (Lipinski definition) is 0. The molecule has 1 saturated carbocycles. The van der Waals surface area contributed by atoms with Crippen molar-refractivity contribution >= 4 is 0 Å². The molecule has 0 heterocycles. The zero-order chi connectivity index (χ0) is 8.39. The Bertz CT molecular complexity index is 340. The fraction of sp³-hybridized carbons (Fsp3) is 0.273. The van der Waals surface area contributed by atoms with Gasteiger partial charge in [0.25, 0.3) is 0 Å². The van der Waals surface area contributed by atoms with Crippen molar-refractivity contribution in [3.05, 3.63) is 35.6 Å². The van der Waals surface area contributed by atoms with Crippen molar-refractivity contribution in [3.8, 4) is 11.8 Å². The lowest BCUT2D eigenvalue weighted by Crippen LogP contribution is -1.81. The zero-order valence-corrected chi connectivity index (χ0v) is 6.60. The number of hydrogen-bond acceptors (Lipinski definition) is 0. The summed E-state index contributed by atoms with van der Waals surface area (Å²) in [6.45, 7) is 0. The summed E-state index contributed by atoms with van der Waals surface area (Å²) >= 11 is 0. The highest BCUT2D eigenvalue weighted by molar-refractivity contribution is 5.35. The normalized spacial score (nSPS) is 15.1. The minimum Gasteiger partial charge on any atom is -0.206 e. The average Bonchev–Trinajstić information content (AvgIpc) is 2.86. The lowest BCUT2D eigenvalue weighted by Gasteiger charge is -1.89. The van der Waals surface area contributed by atoms with Gasteiger partial charge in [0, 0.05) is 5.92 Å². The van der Waals surface area contributed by atoms with Crippen molar-refractivity contribution < 1.29 is 4.39 Å². The van der Waals surface area contributed by atoms with Crippen LogP contribution in [-0.4, -0.2) is 0 Å². The summed E-state index contributed by atoms with van der Waals surface area (Å²) in [5.74, 6) is 6.09. The molecule has 59 valence electrons. The van der Waals surface area contributed by atoms with Crippen molar-refractivity contribution in [2.75, 3.05) is 0 Å². The summed E-state index contributed by atoms with van der Waals surface area (Å²) in [7, 11) is 0. The highest BCUT2D eigenvalue weighted by Crippen LogP contribution is 2.27. The van der Waals surface area contributed by atoms with Gasteiger partial charge >= 0.3 is 0 Å². The molecule has 0 amide bonds. The Morgan fingerprint density at radius 1 is 1.50 bits per heavy atom. The van der Waals surface area contributed by atoms with Crippen molar-refractivity contribution in [1.82, 2.24) is 0 Å². The predicted octanol–water partition coefficient (Wildman–Crippen LogP) is 2.39. The molecule has 1 aromatic rings. The number of halogens is 1. The first-order valence-corrected chi connectivity index (χ1v) is 4.03. The van der Waals surface area contributed by atoms with E-state index in [1.165, 1.54) is 18.9 Å². The van der Waals surface area contributed by atoms with Crippen molar-refractivity contribution in [2.24, 2.45) is 5.92 Å². The summed E-state index contributed by atoms with van der Waals surface area (Å²) in [4.78, 5) is 0. The molecule has 1 radical (unpaired) electrons. The molecule has 1 aliphatic carbocycles. The molecule has 0 spiro atoms. The van der Waals surface area contributed by atoms with Crippen LogP contribution in [0.3, 0.4) is 0 Å². The van der Waals surface area contributed by atoms with Gasteiger partial charge in [-0.3, -0.25) is 0 Å². The first kappa shape index (κ1) is 7.36. The third kappa shape index (κ3) is 1.65. The maximum Gasteiger partial charge on any atom is 0.139 e. The van der Waals surface area contributed by atoms with Crippen LogP contribution in [0.25, 0.3) is 0 Å². The second-order valence-corrected chi connectivity index (χ2v) is 2.95. The summed E-state index contributed by atoms with van der Waals surface area (Å²) in [5, 5.41) is 0. The monoisotopic (exact) mass is 159 g/mol. The Hall–Kier alpha value is -1.29. The highest BCUT2D eigenvalue weighted by Gasteiger charge is 2.17. The van der Waals surface area contributed by atoms with Crippen LogP contribution in [0.1, 0.15) is 18.4 Å². The second-order valence-electron chi connectivity index (χ2n) is 2.95. The quantitative estimate of drug-likeness (QED) is 0.510. The van der Waals surface area contributed by atoms with E-state index < -0.39 is 0 Å². The van der Waals surface area contributed by atoms with Crippen LogP contribution in [0.5, 0.6) is 0 Å². The van der Waals surface area contributed by atoms with Crippen LogP contribution in [-0.2, 0) is 0 Å². The maximum atomic E-state index is 12.9. The van der Waals surface area contributed by atoms with Crippen LogP contribution < -0.4 is 0 Å². The Balaban J connectivity index is 2.23.